The molecule has 0 aliphatic heterocycles. The van der Waals surface area contributed by atoms with Crippen molar-refractivity contribution in [3.63, 3.8) is 0 Å². The van der Waals surface area contributed by atoms with Crippen LogP contribution in [0.25, 0.3) is 0 Å². The first-order valence-electron chi connectivity index (χ1n) is 5.56. The summed E-state index contributed by atoms with van der Waals surface area (Å²) in [7, 11) is 0. The Balaban J connectivity index is 2.05. The van der Waals surface area contributed by atoms with E-state index in [1.807, 2.05) is 0 Å². The molecule has 0 amide bonds. The molecule has 1 nitrogen and oxygen atoms in total. The lowest BCUT2D eigenvalue weighted by atomic mass is 10.0. The zero-order chi connectivity index (χ0) is 10.1. The van der Waals surface area contributed by atoms with Gasteiger partial charge >= 0.3 is 0 Å². The van der Waals surface area contributed by atoms with Crippen molar-refractivity contribution in [2.75, 3.05) is 0 Å². The van der Waals surface area contributed by atoms with E-state index in [9.17, 15) is 0 Å². The van der Waals surface area contributed by atoms with E-state index in [1.54, 1.807) is 0 Å². The fourth-order valence-electron chi connectivity index (χ4n) is 2.18. The second-order valence-corrected chi connectivity index (χ2v) is 4.46. The molecule has 1 aliphatic carbocycles. The highest BCUT2D eigenvalue weighted by atomic mass is 14.7. The van der Waals surface area contributed by atoms with Crippen molar-refractivity contribution >= 4 is 0 Å². The molecular formula is C13H19N. The zero-order valence-electron chi connectivity index (χ0n) is 9.03. The largest absolute Gasteiger partial charge is 0.328 e. The van der Waals surface area contributed by atoms with E-state index < -0.39 is 0 Å². The monoisotopic (exact) mass is 189 g/mol. The minimum atomic E-state index is 0.353. The van der Waals surface area contributed by atoms with Crippen LogP contribution in [0.4, 0.5) is 0 Å². The van der Waals surface area contributed by atoms with Crippen LogP contribution in [-0.2, 0) is 6.42 Å². The maximum Gasteiger partial charge on any atom is 0.00448 e. The Labute approximate surface area is 86.3 Å². The van der Waals surface area contributed by atoms with Gasteiger partial charge in [0.15, 0.2) is 0 Å². The van der Waals surface area contributed by atoms with E-state index >= 15 is 0 Å². The van der Waals surface area contributed by atoms with Crippen molar-refractivity contribution in [1.82, 2.24) is 0 Å². The first-order valence-corrected chi connectivity index (χ1v) is 5.56. The average Bonchev–Trinajstić information content (AvgIpc) is 2.97. The summed E-state index contributed by atoms with van der Waals surface area (Å²) in [5.41, 5.74) is 8.78. The molecule has 1 aromatic rings. The highest BCUT2D eigenvalue weighted by Crippen LogP contribution is 2.48. The molecule has 3 atom stereocenters. The molecule has 14 heavy (non-hydrogen) atoms. The topological polar surface area (TPSA) is 26.0 Å². The summed E-state index contributed by atoms with van der Waals surface area (Å²) in [6.45, 7) is 4.31. The highest BCUT2D eigenvalue weighted by molar-refractivity contribution is 5.30. The summed E-state index contributed by atoms with van der Waals surface area (Å²) in [5.74, 6) is 1.46. The summed E-state index contributed by atoms with van der Waals surface area (Å²) in [4.78, 5) is 0. The lowest BCUT2D eigenvalue weighted by molar-refractivity contribution is 0.631. The van der Waals surface area contributed by atoms with E-state index in [0.29, 0.717) is 6.04 Å². The van der Waals surface area contributed by atoms with Gasteiger partial charge in [0.05, 0.1) is 0 Å². The Bertz CT molecular complexity index is 300. The third-order valence-corrected chi connectivity index (χ3v) is 3.33. The first-order chi connectivity index (χ1) is 6.72. The lowest BCUT2D eigenvalue weighted by Crippen LogP contribution is -2.17. The van der Waals surface area contributed by atoms with Gasteiger partial charge in [-0.25, -0.2) is 0 Å². The number of hydrogen-bond acceptors (Lipinski definition) is 1. The Morgan fingerprint density at radius 2 is 2.00 bits per heavy atom. The number of hydrogen-bond donors (Lipinski definition) is 1. The molecule has 1 aromatic carbocycles. The van der Waals surface area contributed by atoms with Crippen LogP contribution in [0.3, 0.4) is 0 Å². The predicted octanol–water partition coefficient (Wildman–Crippen LogP) is 2.70. The van der Waals surface area contributed by atoms with Crippen molar-refractivity contribution in [3.05, 3.63) is 35.4 Å². The molecule has 0 bridgehead atoms. The van der Waals surface area contributed by atoms with Crippen LogP contribution in [0.5, 0.6) is 0 Å². The molecule has 1 heteroatoms. The normalized spacial score (nSPS) is 27.4. The van der Waals surface area contributed by atoms with Crippen LogP contribution >= 0.6 is 0 Å². The van der Waals surface area contributed by atoms with Crippen molar-refractivity contribution in [3.8, 4) is 0 Å². The van der Waals surface area contributed by atoms with E-state index in [1.165, 1.54) is 17.5 Å². The quantitative estimate of drug-likeness (QED) is 0.777. The molecule has 2 rings (SSSR count). The predicted molar refractivity (Wildman–Crippen MR) is 60.3 cm³/mol. The fraction of sp³-hybridized carbons (Fsp3) is 0.538. The van der Waals surface area contributed by atoms with Gasteiger partial charge in [0.2, 0.25) is 0 Å². The van der Waals surface area contributed by atoms with Crippen LogP contribution in [-0.4, -0.2) is 6.04 Å². The summed E-state index contributed by atoms with van der Waals surface area (Å²) < 4.78 is 0. The molecule has 2 N–H and O–H groups in total. The van der Waals surface area contributed by atoms with E-state index in [2.05, 4.69) is 38.1 Å². The Morgan fingerprint density at radius 3 is 2.43 bits per heavy atom. The van der Waals surface area contributed by atoms with Gasteiger partial charge in [-0.05, 0) is 42.7 Å². The lowest BCUT2D eigenvalue weighted by Gasteiger charge is -2.04. The number of benzene rings is 1. The molecule has 76 valence electrons. The second-order valence-electron chi connectivity index (χ2n) is 4.46. The SMILES string of the molecule is CCc1ccc([C@@H]2C[C@H]2[C@H](C)N)cc1. The van der Waals surface area contributed by atoms with Crippen LogP contribution in [0.15, 0.2) is 24.3 Å². The number of nitrogens with two attached hydrogens (primary N) is 1. The van der Waals surface area contributed by atoms with Gasteiger partial charge in [-0.1, -0.05) is 31.2 Å². The molecule has 0 saturated heterocycles. The van der Waals surface area contributed by atoms with Crippen molar-refractivity contribution in [2.45, 2.75) is 38.6 Å². The molecule has 0 aromatic heterocycles. The van der Waals surface area contributed by atoms with Gasteiger partial charge in [-0.3, -0.25) is 0 Å². The van der Waals surface area contributed by atoms with Crippen molar-refractivity contribution < 1.29 is 0 Å². The summed E-state index contributed by atoms with van der Waals surface area (Å²) in [6, 6.07) is 9.38. The summed E-state index contributed by atoms with van der Waals surface area (Å²) in [5, 5.41) is 0. The zero-order valence-corrected chi connectivity index (χ0v) is 9.03. The number of rotatable bonds is 3. The Hall–Kier alpha value is -0.820. The Kier molecular flexibility index (Phi) is 2.60. The minimum absolute atomic E-state index is 0.353. The minimum Gasteiger partial charge on any atom is -0.328 e. The fourth-order valence-corrected chi connectivity index (χ4v) is 2.18. The van der Waals surface area contributed by atoms with Crippen LogP contribution in [0, 0.1) is 5.92 Å². The van der Waals surface area contributed by atoms with Crippen LogP contribution < -0.4 is 5.73 Å². The maximum absolute atomic E-state index is 5.88. The van der Waals surface area contributed by atoms with Crippen molar-refractivity contribution in [1.29, 1.82) is 0 Å². The van der Waals surface area contributed by atoms with Gasteiger partial charge in [0.25, 0.3) is 0 Å². The van der Waals surface area contributed by atoms with Crippen molar-refractivity contribution in [2.24, 2.45) is 11.7 Å². The van der Waals surface area contributed by atoms with Gasteiger partial charge in [-0.15, -0.1) is 0 Å². The molecule has 0 unspecified atom stereocenters. The third-order valence-electron chi connectivity index (χ3n) is 3.33. The van der Waals surface area contributed by atoms with E-state index in [4.69, 9.17) is 5.73 Å². The highest BCUT2D eigenvalue weighted by Gasteiger charge is 2.40. The molecule has 1 aliphatic rings. The molecule has 0 radical (unpaired) electrons. The smallest absolute Gasteiger partial charge is 0.00448 e. The molecule has 1 saturated carbocycles. The molecule has 0 heterocycles. The van der Waals surface area contributed by atoms with Gasteiger partial charge < -0.3 is 5.73 Å². The summed E-state index contributed by atoms with van der Waals surface area (Å²) >= 11 is 0. The second kappa shape index (κ2) is 3.74. The molecule has 0 spiro atoms. The number of aryl methyl sites for hydroxylation is 1. The average molecular weight is 189 g/mol. The van der Waals surface area contributed by atoms with Gasteiger partial charge in [0.1, 0.15) is 0 Å². The van der Waals surface area contributed by atoms with Gasteiger partial charge in [-0.2, -0.15) is 0 Å². The maximum atomic E-state index is 5.88. The standard InChI is InChI=1S/C13H19N/c1-3-10-4-6-11(7-5-10)13-8-12(13)9(2)14/h4-7,9,12-13H,3,8,14H2,1-2H3/t9-,12-,13-/m0/s1. The van der Waals surface area contributed by atoms with E-state index in [-0.39, 0.29) is 0 Å². The first kappa shape index (κ1) is 9.72. The summed E-state index contributed by atoms with van der Waals surface area (Å²) in [6.07, 6.45) is 2.41. The Morgan fingerprint density at radius 1 is 1.36 bits per heavy atom. The van der Waals surface area contributed by atoms with Gasteiger partial charge in [0, 0.05) is 6.04 Å². The van der Waals surface area contributed by atoms with Crippen LogP contribution in [0.2, 0.25) is 0 Å². The molecule has 1 fully saturated rings. The molecular weight excluding hydrogens is 170 g/mol. The third kappa shape index (κ3) is 1.83. The van der Waals surface area contributed by atoms with Crippen LogP contribution in [0.1, 0.15) is 37.3 Å². The van der Waals surface area contributed by atoms with E-state index in [0.717, 1.165) is 18.3 Å².